The number of aromatic nitrogens is 1. The highest BCUT2D eigenvalue weighted by Gasteiger charge is 2.25. The van der Waals surface area contributed by atoms with Crippen LogP contribution in [0.15, 0.2) is 12.1 Å². The minimum Gasteiger partial charge on any atom is -0.258 e. The van der Waals surface area contributed by atoms with Gasteiger partial charge in [-0.15, -0.1) is 0 Å². The second kappa shape index (κ2) is 5.54. The third-order valence-corrected chi connectivity index (χ3v) is 3.63. The van der Waals surface area contributed by atoms with Crippen molar-refractivity contribution in [1.29, 1.82) is 0 Å². The Bertz CT molecular complexity index is 699. The van der Waals surface area contributed by atoms with Crippen LogP contribution in [0, 0.1) is 23.0 Å². The monoisotopic (exact) mass is 312 g/mol. The van der Waals surface area contributed by atoms with E-state index in [9.17, 15) is 10.1 Å². The zero-order valence-corrected chi connectivity index (χ0v) is 12.9. The fourth-order valence-corrected chi connectivity index (χ4v) is 2.81. The first-order chi connectivity index (χ1) is 9.31. The molecule has 0 aliphatic heterocycles. The first kappa shape index (κ1) is 15.0. The van der Waals surface area contributed by atoms with Gasteiger partial charge >= 0.3 is 5.69 Å². The molecule has 2 rings (SSSR count). The summed E-state index contributed by atoms with van der Waals surface area (Å²) < 4.78 is 0. The van der Waals surface area contributed by atoms with E-state index >= 15 is 0 Å². The first-order valence-electron chi connectivity index (χ1n) is 6.24. The van der Waals surface area contributed by atoms with Crippen molar-refractivity contribution < 1.29 is 4.92 Å². The molecule has 1 aromatic heterocycles. The van der Waals surface area contributed by atoms with Gasteiger partial charge in [0.25, 0.3) is 0 Å². The Balaban J connectivity index is 2.85. The van der Waals surface area contributed by atoms with Gasteiger partial charge in [0.1, 0.15) is 10.7 Å². The van der Waals surface area contributed by atoms with Crippen LogP contribution in [-0.4, -0.2) is 9.91 Å². The van der Waals surface area contributed by atoms with Crippen molar-refractivity contribution in [2.24, 2.45) is 5.92 Å². The number of benzene rings is 1. The van der Waals surface area contributed by atoms with Crippen molar-refractivity contribution in [2.75, 3.05) is 0 Å². The number of hydrogen-bond donors (Lipinski definition) is 0. The van der Waals surface area contributed by atoms with Crippen LogP contribution in [0.3, 0.4) is 0 Å². The van der Waals surface area contributed by atoms with Crippen molar-refractivity contribution in [3.05, 3.63) is 43.5 Å². The molecule has 6 heteroatoms. The van der Waals surface area contributed by atoms with E-state index in [1.54, 1.807) is 12.1 Å². The molecule has 0 N–H and O–H groups in total. The number of pyridine rings is 1. The molecule has 0 aliphatic carbocycles. The second-order valence-corrected chi connectivity index (χ2v) is 6.00. The Morgan fingerprint density at radius 2 is 2.00 bits per heavy atom. The molecule has 0 unspecified atom stereocenters. The summed E-state index contributed by atoms with van der Waals surface area (Å²) in [5, 5.41) is 12.4. The molecule has 0 spiro atoms. The molecule has 1 aromatic carbocycles. The van der Waals surface area contributed by atoms with Crippen LogP contribution in [-0.2, 0) is 6.42 Å². The molecule has 0 amide bonds. The van der Waals surface area contributed by atoms with Crippen molar-refractivity contribution in [2.45, 2.75) is 27.2 Å². The van der Waals surface area contributed by atoms with Gasteiger partial charge in [-0.05, 0) is 37.0 Å². The van der Waals surface area contributed by atoms with E-state index in [0.29, 0.717) is 28.0 Å². The van der Waals surface area contributed by atoms with Crippen molar-refractivity contribution in [3.63, 3.8) is 0 Å². The van der Waals surface area contributed by atoms with Gasteiger partial charge < -0.3 is 0 Å². The first-order valence-corrected chi connectivity index (χ1v) is 6.99. The number of nitrogens with zero attached hydrogens (tertiary/aromatic N) is 2. The van der Waals surface area contributed by atoms with Crippen molar-refractivity contribution in [1.82, 2.24) is 4.98 Å². The summed E-state index contributed by atoms with van der Waals surface area (Å²) in [6, 6.07) is 3.54. The van der Waals surface area contributed by atoms with Crippen LogP contribution in [0.4, 0.5) is 5.69 Å². The van der Waals surface area contributed by atoms with Crippen LogP contribution in [0.5, 0.6) is 0 Å². The number of aryl methyl sites for hydroxylation is 1. The lowest BCUT2D eigenvalue weighted by atomic mass is 10.0. The predicted octanol–water partition coefficient (Wildman–Crippen LogP) is 4.96. The molecule has 20 heavy (non-hydrogen) atoms. The van der Waals surface area contributed by atoms with Crippen LogP contribution in [0.1, 0.15) is 25.1 Å². The number of hydrogen-bond acceptors (Lipinski definition) is 3. The Labute approximate surface area is 126 Å². The van der Waals surface area contributed by atoms with Crippen LogP contribution in [0.25, 0.3) is 10.9 Å². The van der Waals surface area contributed by atoms with Gasteiger partial charge in [0.05, 0.1) is 15.5 Å². The second-order valence-electron chi connectivity index (χ2n) is 5.22. The summed E-state index contributed by atoms with van der Waals surface area (Å²) in [7, 11) is 0. The summed E-state index contributed by atoms with van der Waals surface area (Å²) >= 11 is 12.4. The Hall–Kier alpha value is -1.39. The SMILES string of the molecule is Cc1cc(Cl)c2nc(CC(C)C)c([N+](=O)[O-])c(Cl)c2c1. The number of fused-ring (bicyclic) bond motifs is 1. The topological polar surface area (TPSA) is 56.0 Å². The van der Waals surface area contributed by atoms with Gasteiger partial charge in [-0.1, -0.05) is 37.0 Å². The smallest absolute Gasteiger partial charge is 0.258 e. The minimum atomic E-state index is -0.470. The van der Waals surface area contributed by atoms with Crippen molar-refractivity contribution >= 4 is 39.8 Å². The predicted molar refractivity (Wildman–Crippen MR) is 81.7 cm³/mol. The Morgan fingerprint density at radius 1 is 1.35 bits per heavy atom. The van der Waals surface area contributed by atoms with E-state index in [1.165, 1.54) is 0 Å². The van der Waals surface area contributed by atoms with E-state index in [1.807, 2.05) is 20.8 Å². The lowest BCUT2D eigenvalue weighted by Gasteiger charge is -2.10. The molecular formula is C14H14Cl2N2O2. The van der Waals surface area contributed by atoms with Gasteiger partial charge in [-0.3, -0.25) is 10.1 Å². The number of nitro groups is 1. The molecule has 0 fully saturated rings. The summed E-state index contributed by atoms with van der Waals surface area (Å²) in [6.07, 6.45) is 0.482. The third-order valence-electron chi connectivity index (χ3n) is 2.96. The zero-order valence-electron chi connectivity index (χ0n) is 11.4. The lowest BCUT2D eigenvalue weighted by molar-refractivity contribution is -0.385. The van der Waals surface area contributed by atoms with Gasteiger partial charge in [0, 0.05) is 5.39 Å². The van der Waals surface area contributed by atoms with E-state index in [0.717, 1.165) is 5.56 Å². The summed E-state index contributed by atoms with van der Waals surface area (Å²) in [5.74, 6) is 0.235. The highest BCUT2D eigenvalue weighted by Crippen LogP contribution is 2.38. The Morgan fingerprint density at radius 3 is 2.55 bits per heavy atom. The third kappa shape index (κ3) is 2.72. The molecule has 4 nitrogen and oxygen atoms in total. The number of rotatable bonds is 3. The average molecular weight is 313 g/mol. The standard InChI is InChI=1S/C14H14Cl2N2O2/c1-7(2)4-11-14(18(19)20)12(16)9-5-8(3)6-10(15)13(9)17-11/h5-7H,4H2,1-3H3. The lowest BCUT2D eigenvalue weighted by Crippen LogP contribution is -2.04. The molecular weight excluding hydrogens is 299 g/mol. The van der Waals surface area contributed by atoms with Crippen molar-refractivity contribution in [3.8, 4) is 0 Å². The maximum atomic E-state index is 11.3. The highest BCUT2D eigenvalue weighted by molar-refractivity contribution is 6.40. The highest BCUT2D eigenvalue weighted by atomic mass is 35.5. The quantitative estimate of drug-likeness (QED) is 0.594. The van der Waals surface area contributed by atoms with Gasteiger partial charge in [0.2, 0.25) is 0 Å². The van der Waals surface area contributed by atoms with Gasteiger partial charge in [0.15, 0.2) is 0 Å². The van der Waals surface area contributed by atoms with Crippen LogP contribution >= 0.6 is 23.2 Å². The minimum absolute atomic E-state index is 0.112. The largest absolute Gasteiger partial charge is 0.309 e. The average Bonchev–Trinajstić information content (AvgIpc) is 2.29. The molecule has 0 radical (unpaired) electrons. The molecule has 106 valence electrons. The number of halogens is 2. The van der Waals surface area contributed by atoms with Gasteiger partial charge in [-0.2, -0.15) is 0 Å². The maximum Gasteiger partial charge on any atom is 0.309 e. The van der Waals surface area contributed by atoms with Gasteiger partial charge in [-0.25, -0.2) is 4.98 Å². The summed E-state index contributed by atoms with van der Waals surface area (Å²) in [6.45, 7) is 5.80. The fourth-order valence-electron chi connectivity index (χ4n) is 2.17. The zero-order chi connectivity index (χ0) is 15.0. The van der Waals surface area contributed by atoms with E-state index < -0.39 is 4.92 Å². The Kier molecular flexibility index (Phi) is 4.16. The van der Waals surface area contributed by atoms with E-state index in [2.05, 4.69) is 4.98 Å². The molecule has 0 bridgehead atoms. The van der Waals surface area contributed by atoms with Crippen LogP contribution in [0.2, 0.25) is 10.0 Å². The van der Waals surface area contributed by atoms with Crippen LogP contribution < -0.4 is 0 Å². The summed E-state index contributed by atoms with van der Waals surface area (Å²) in [5.41, 5.74) is 1.67. The molecule has 0 atom stereocenters. The molecule has 0 saturated carbocycles. The molecule has 0 saturated heterocycles. The maximum absolute atomic E-state index is 11.3. The fraction of sp³-hybridized carbons (Fsp3) is 0.357. The molecule has 2 aromatic rings. The van der Waals surface area contributed by atoms with E-state index in [4.69, 9.17) is 23.2 Å². The summed E-state index contributed by atoms with van der Waals surface area (Å²) in [4.78, 5) is 15.2. The normalized spacial score (nSPS) is 11.3. The van der Waals surface area contributed by atoms with E-state index in [-0.39, 0.29) is 16.6 Å². The molecule has 1 heterocycles. The molecule has 0 aliphatic rings.